The average Bonchev–Trinajstić information content (AvgIpc) is 3.01. The molecule has 0 amide bonds. The molecule has 1 aliphatic rings. The molecule has 1 unspecified atom stereocenters. The zero-order valence-corrected chi connectivity index (χ0v) is 18.1. The summed E-state index contributed by atoms with van der Waals surface area (Å²) in [7, 11) is -2.47. The molecule has 1 aliphatic heterocycles. The van der Waals surface area contributed by atoms with Crippen LogP contribution in [0.5, 0.6) is 0 Å². The summed E-state index contributed by atoms with van der Waals surface area (Å²) in [4.78, 5) is 0.279. The summed E-state index contributed by atoms with van der Waals surface area (Å²) >= 11 is -1.71. The Morgan fingerprint density at radius 2 is 1.52 bits per heavy atom. The molecule has 0 aliphatic carbocycles. The van der Waals surface area contributed by atoms with Crippen LogP contribution in [0.3, 0.4) is 0 Å². The third-order valence-corrected chi connectivity index (χ3v) is 13.9. The number of hydrogen-bond acceptors (Lipinski definition) is 2. The van der Waals surface area contributed by atoms with Crippen LogP contribution in [-0.2, 0) is 8.26 Å². The topological polar surface area (TPSA) is 26.3 Å². The fraction of sp³-hybridized carbons (Fsp3) is 0.429. The van der Waals surface area contributed by atoms with E-state index in [1.54, 1.807) is 0 Å². The molecule has 1 saturated heterocycles. The second-order valence-corrected chi connectivity index (χ2v) is 16.0. The SMILES string of the molecule is CC(C)(C)[Si](OC[C@@H]1CCC[Se]1=O)(c1ccccc1)c1ccccc1. The van der Waals surface area contributed by atoms with E-state index >= 15 is 0 Å². The van der Waals surface area contributed by atoms with Gasteiger partial charge in [-0.3, -0.25) is 0 Å². The van der Waals surface area contributed by atoms with E-state index in [0.29, 0.717) is 6.61 Å². The first-order chi connectivity index (χ1) is 11.9. The summed E-state index contributed by atoms with van der Waals surface area (Å²) in [6.45, 7) is 7.51. The molecule has 0 aromatic heterocycles. The van der Waals surface area contributed by atoms with Crippen molar-refractivity contribution in [3.63, 3.8) is 0 Å². The molecule has 3 rings (SSSR count). The van der Waals surface area contributed by atoms with Crippen molar-refractivity contribution >= 4 is 32.5 Å². The van der Waals surface area contributed by atoms with Gasteiger partial charge in [-0.15, -0.1) is 0 Å². The van der Waals surface area contributed by atoms with Gasteiger partial charge >= 0.3 is 157 Å². The molecule has 25 heavy (non-hydrogen) atoms. The van der Waals surface area contributed by atoms with Crippen molar-refractivity contribution in [2.45, 2.75) is 48.8 Å². The molecule has 1 heterocycles. The second-order valence-electron chi connectivity index (χ2n) is 7.82. The summed E-state index contributed by atoms with van der Waals surface area (Å²) in [5.41, 5.74) is 0. The van der Waals surface area contributed by atoms with Gasteiger partial charge in [-0.05, 0) is 0 Å². The molecular formula is C21H28O2SeSi. The van der Waals surface area contributed by atoms with Crippen molar-refractivity contribution in [1.29, 1.82) is 0 Å². The normalized spacial score (nSPS) is 21.4. The van der Waals surface area contributed by atoms with Gasteiger partial charge in [0.15, 0.2) is 0 Å². The Hall–Kier alpha value is -1.06. The van der Waals surface area contributed by atoms with E-state index in [9.17, 15) is 3.83 Å². The van der Waals surface area contributed by atoms with E-state index in [1.807, 2.05) is 0 Å². The Morgan fingerprint density at radius 3 is 1.92 bits per heavy atom. The minimum atomic E-state index is -2.47. The van der Waals surface area contributed by atoms with Crippen LogP contribution in [0.1, 0.15) is 33.6 Å². The summed E-state index contributed by atoms with van der Waals surface area (Å²) in [5, 5.41) is 3.52. The van der Waals surface area contributed by atoms with Crippen LogP contribution in [0.2, 0.25) is 15.2 Å². The first-order valence-electron chi connectivity index (χ1n) is 9.07. The Balaban J connectivity index is 2.07. The van der Waals surface area contributed by atoms with Crippen molar-refractivity contribution in [2.75, 3.05) is 6.61 Å². The monoisotopic (exact) mass is 420 g/mol. The Bertz CT molecular complexity index is 670. The summed E-state index contributed by atoms with van der Waals surface area (Å²) in [6.07, 6.45) is 2.16. The molecule has 4 heteroatoms. The van der Waals surface area contributed by atoms with Gasteiger partial charge in [-0.1, -0.05) is 0 Å². The summed E-state index contributed by atoms with van der Waals surface area (Å²) in [6, 6.07) is 21.4. The number of hydrogen-bond donors (Lipinski definition) is 0. The first-order valence-corrected chi connectivity index (χ1v) is 13.9. The van der Waals surface area contributed by atoms with Crippen LogP contribution in [-0.4, -0.2) is 28.8 Å². The molecule has 0 N–H and O–H groups in total. The van der Waals surface area contributed by atoms with Crippen molar-refractivity contribution in [3.05, 3.63) is 60.7 Å². The summed E-state index contributed by atoms with van der Waals surface area (Å²) < 4.78 is 19.2. The molecule has 0 bridgehead atoms. The molecule has 0 spiro atoms. The zero-order valence-electron chi connectivity index (χ0n) is 15.4. The van der Waals surface area contributed by atoms with Crippen molar-refractivity contribution in [3.8, 4) is 0 Å². The van der Waals surface area contributed by atoms with Gasteiger partial charge in [-0.25, -0.2) is 0 Å². The predicted octanol–water partition coefficient (Wildman–Crippen LogP) is 4.15. The molecule has 2 aromatic carbocycles. The van der Waals surface area contributed by atoms with Crippen LogP contribution in [0.25, 0.3) is 0 Å². The van der Waals surface area contributed by atoms with E-state index in [4.69, 9.17) is 4.43 Å². The standard InChI is InChI=1S/C21H28O2SeSi/c1-21(2,3)25(19-12-6-4-7-13-19,20-14-8-5-9-15-20)23-17-18-11-10-16-24(18)22/h4-9,12-15,18H,10-11,16-17H2,1-3H3/t18-,24?/m0/s1. The number of benzene rings is 2. The van der Waals surface area contributed by atoms with E-state index in [0.717, 1.165) is 18.2 Å². The molecular weight excluding hydrogens is 391 g/mol. The van der Waals surface area contributed by atoms with E-state index in [1.165, 1.54) is 10.4 Å². The molecule has 2 nitrogen and oxygen atoms in total. The van der Waals surface area contributed by atoms with Gasteiger partial charge in [-0.2, -0.15) is 0 Å². The number of rotatable bonds is 5. The van der Waals surface area contributed by atoms with Crippen molar-refractivity contribution < 1.29 is 8.26 Å². The maximum absolute atomic E-state index is 12.4. The molecule has 0 radical (unpaired) electrons. The second kappa shape index (κ2) is 7.67. The van der Waals surface area contributed by atoms with Gasteiger partial charge in [0.1, 0.15) is 0 Å². The third-order valence-electron chi connectivity index (χ3n) is 5.15. The third kappa shape index (κ3) is 3.73. The van der Waals surface area contributed by atoms with E-state index < -0.39 is 22.2 Å². The van der Waals surface area contributed by atoms with Crippen LogP contribution in [0.4, 0.5) is 0 Å². The van der Waals surface area contributed by atoms with Crippen molar-refractivity contribution in [2.24, 2.45) is 0 Å². The quantitative estimate of drug-likeness (QED) is 0.681. The van der Waals surface area contributed by atoms with Crippen molar-refractivity contribution in [1.82, 2.24) is 0 Å². The molecule has 2 aromatic rings. The molecule has 1 fully saturated rings. The first kappa shape index (κ1) is 18.7. The van der Waals surface area contributed by atoms with E-state index in [2.05, 4.69) is 81.4 Å². The predicted molar refractivity (Wildman–Crippen MR) is 108 cm³/mol. The molecule has 134 valence electrons. The van der Waals surface area contributed by atoms with Gasteiger partial charge in [0, 0.05) is 0 Å². The van der Waals surface area contributed by atoms with Gasteiger partial charge < -0.3 is 0 Å². The molecule has 2 atom stereocenters. The van der Waals surface area contributed by atoms with Crippen LogP contribution < -0.4 is 10.4 Å². The Labute approximate surface area is 156 Å². The minimum absolute atomic E-state index is 0.00725. The van der Waals surface area contributed by atoms with Crippen LogP contribution >= 0.6 is 0 Å². The fourth-order valence-electron chi connectivity index (χ4n) is 3.89. The van der Waals surface area contributed by atoms with Gasteiger partial charge in [0.05, 0.1) is 0 Å². The van der Waals surface area contributed by atoms with E-state index in [-0.39, 0.29) is 9.85 Å². The van der Waals surface area contributed by atoms with Crippen LogP contribution in [0, 0.1) is 0 Å². The fourth-order valence-corrected chi connectivity index (χ4v) is 11.8. The summed E-state index contributed by atoms with van der Waals surface area (Å²) in [5.74, 6) is 0. The Morgan fingerprint density at radius 1 is 1.00 bits per heavy atom. The van der Waals surface area contributed by atoms with Gasteiger partial charge in [0.2, 0.25) is 0 Å². The maximum atomic E-state index is 12.4. The van der Waals surface area contributed by atoms with Crippen LogP contribution in [0.15, 0.2) is 60.7 Å². The zero-order chi connectivity index (χ0) is 17.9. The Kier molecular flexibility index (Phi) is 5.74. The average molecular weight is 419 g/mol. The molecule has 0 saturated carbocycles. The van der Waals surface area contributed by atoms with Gasteiger partial charge in [0.25, 0.3) is 0 Å².